The Kier molecular flexibility index (Phi) is 2.71. The van der Waals surface area contributed by atoms with E-state index in [1.165, 1.54) is 0 Å². The van der Waals surface area contributed by atoms with Crippen LogP contribution in [0.15, 0.2) is 27.6 Å². The summed E-state index contributed by atoms with van der Waals surface area (Å²) in [6, 6.07) is 5.51. The highest BCUT2D eigenvalue weighted by Crippen LogP contribution is 2.28. The van der Waals surface area contributed by atoms with Gasteiger partial charge in [-0.05, 0) is 37.6 Å². The van der Waals surface area contributed by atoms with E-state index in [0.29, 0.717) is 5.69 Å². The van der Waals surface area contributed by atoms with Crippen molar-refractivity contribution in [3.05, 3.63) is 29.5 Å². The van der Waals surface area contributed by atoms with Crippen LogP contribution in [-0.4, -0.2) is 5.96 Å². The Morgan fingerprint density at radius 1 is 1.47 bits per heavy atom. The predicted molar refractivity (Wildman–Crippen MR) is 65.7 cm³/mol. The molecule has 86 valence electrons. The average molecular weight is 228 g/mol. The Labute approximate surface area is 98.5 Å². The van der Waals surface area contributed by atoms with Gasteiger partial charge in [0.2, 0.25) is 5.96 Å². The molecule has 0 amide bonds. The molecule has 3 N–H and O–H groups in total. The van der Waals surface area contributed by atoms with Gasteiger partial charge in [0.25, 0.3) is 0 Å². The van der Waals surface area contributed by atoms with Crippen LogP contribution in [0.4, 0.5) is 5.69 Å². The molecule has 0 aliphatic heterocycles. The third-order valence-electron chi connectivity index (χ3n) is 2.59. The lowest BCUT2D eigenvalue weighted by atomic mass is 10.1. The molecule has 2 rings (SSSR count). The van der Waals surface area contributed by atoms with Gasteiger partial charge >= 0.3 is 0 Å². The monoisotopic (exact) mass is 228 g/mol. The minimum absolute atomic E-state index is 0.0738. The largest absolute Gasteiger partial charge is 0.461 e. The summed E-state index contributed by atoms with van der Waals surface area (Å²) in [4.78, 5) is 4.07. The van der Waals surface area contributed by atoms with Gasteiger partial charge in [-0.15, -0.1) is 0 Å². The first-order valence-electron chi connectivity index (χ1n) is 5.11. The molecule has 0 fully saturated rings. The van der Waals surface area contributed by atoms with Crippen LogP contribution in [0.1, 0.15) is 11.3 Å². The molecular formula is C12H12N4O. The Morgan fingerprint density at radius 2 is 2.24 bits per heavy atom. The fraction of sp³-hybridized carbons (Fsp3) is 0.167. The van der Waals surface area contributed by atoms with Gasteiger partial charge < -0.3 is 10.2 Å². The molecule has 0 aliphatic carbocycles. The van der Waals surface area contributed by atoms with Gasteiger partial charge in [0.1, 0.15) is 11.3 Å². The van der Waals surface area contributed by atoms with E-state index in [2.05, 4.69) is 10.3 Å². The zero-order valence-electron chi connectivity index (χ0n) is 9.61. The van der Waals surface area contributed by atoms with Crippen molar-refractivity contribution in [2.75, 3.05) is 0 Å². The van der Waals surface area contributed by atoms with Crippen molar-refractivity contribution >= 4 is 22.6 Å². The molecule has 0 bridgehead atoms. The van der Waals surface area contributed by atoms with Crippen LogP contribution in [0.5, 0.6) is 0 Å². The highest BCUT2D eigenvalue weighted by molar-refractivity contribution is 5.87. The minimum Gasteiger partial charge on any atom is -0.461 e. The zero-order chi connectivity index (χ0) is 12.4. The number of hydrogen-bond donors (Lipinski definition) is 2. The van der Waals surface area contributed by atoms with E-state index in [0.717, 1.165) is 22.3 Å². The first-order chi connectivity index (χ1) is 8.11. The molecule has 0 saturated heterocycles. The highest BCUT2D eigenvalue weighted by Gasteiger charge is 2.07. The number of nitrogens with one attached hydrogen (secondary N) is 1. The lowest BCUT2D eigenvalue weighted by Gasteiger charge is -1.97. The molecule has 5 heteroatoms. The van der Waals surface area contributed by atoms with Crippen LogP contribution >= 0.6 is 0 Å². The number of hydrogen-bond acceptors (Lipinski definition) is 3. The molecule has 0 radical (unpaired) electrons. The summed E-state index contributed by atoms with van der Waals surface area (Å²) in [7, 11) is 0. The predicted octanol–water partition coefficient (Wildman–Crippen LogP) is 2.07. The van der Waals surface area contributed by atoms with Crippen molar-refractivity contribution in [1.82, 2.24) is 5.32 Å². The molecular weight excluding hydrogens is 216 g/mol. The number of fused-ring (bicyclic) bond motifs is 1. The summed E-state index contributed by atoms with van der Waals surface area (Å²) in [6.45, 7) is 3.91. The highest BCUT2D eigenvalue weighted by atomic mass is 16.3. The minimum atomic E-state index is 0.0738. The number of nitriles is 1. The molecule has 1 heterocycles. The van der Waals surface area contributed by atoms with E-state index in [1.54, 1.807) is 12.3 Å². The van der Waals surface area contributed by atoms with Crippen molar-refractivity contribution in [1.29, 1.82) is 5.26 Å². The number of nitrogens with zero attached hydrogens (tertiary/aromatic N) is 2. The van der Waals surface area contributed by atoms with Gasteiger partial charge in [0.05, 0.1) is 5.69 Å². The van der Waals surface area contributed by atoms with E-state index < -0.39 is 0 Å². The van der Waals surface area contributed by atoms with Crippen molar-refractivity contribution in [2.24, 2.45) is 10.7 Å². The van der Waals surface area contributed by atoms with Crippen LogP contribution in [0, 0.1) is 25.3 Å². The van der Waals surface area contributed by atoms with Crippen molar-refractivity contribution in [3.63, 3.8) is 0 Å². The summed E-state index contributed by atoms with van der Waals surface area (Å²) in [5.74, 6) is 0.967. The Bertz CT molecular complexity index is 634. The number of nitrogens with two attached hydrogens (primary N) is 1. The van der Waals surface area contributed by atoms with Crippen LogP contribution in [0.2, 0.25) is 0 Å². The van der Waals surface area contributed by atoms with Gasteiger partial charge in [0.15, 0.2) is 6.19 Å². The van der Waals surface area contributed by atoms with Gasteiger partial charge in [-0.2, -0.15) is 5.26 Å². The normalized spacial score (nSPS) is 11.5. The second-order valence-corrected chi connectivity index (χ2v) is 3.70. The summed E-state index contributed by atoms with van der Waals surface area (Å²) in [5, 5.41) is 11.7. The molecule has 2 aromatic rings. The lowest BCUT2D eigenvalue weighted by Crippen LogP contribution is -2.26. The quantitative estimate of drug-likeness (QED) is 0.338. The van der Waals surface area contributed by atoms with Crippen molar-refractivity contribution in [3.8, 4) is 6.19 Å². The van der Waals surface area contributed by atoms with Crippen LogP contribution in [0.3, 0.4) is 0 Å². The Balaban J connectivity index is 2.48. The Morgan fingerprint density at radius 3 is 2.94 bits per heavy atom. The summed E-state index contributed by atoms with van der Waals surface area (Å²) < 4.78 is 5.56. The summed E-state index contributed by atoms with van der Waals surface area (Å²) in [5.41, 5.74) is 8.09. The molecule has 0 saturated carbocycles. The fourth-order valence-electron chi connectivity index (χ4n) is 1.63. The smallest absolute Gasteiger partial charge is 0.207 e. The number of rotatable bonds is 1. The molecule has 0 spiro atoms. The standard InChI is InChI=1S/C12H12N4O/c1-7-8(2)17-11-4-3-9(5-10(7)11)16-12(14)15-6-13/h3-5H,1-2H3,(H3,14,15,16). The van der Waals surface area contributed by atoms with E-state index in [9.17, 15) is 0 Å². The topological polar surface area (TPSA) is 87.3 Å². The van der Waals surface area contributed by atoms with E-state index >= 15 is 0 Å². The summed E-state index contributed by atoms with van der Waals surface area (Å²) >= 11 is 0. The SMILES string of the molecule is Cc1oc2ccc(N=C(N)NC#N)cc2c1C. The molecule has 0 aliphatic rings. The average Bonchev–Trinajstić information content (AvgIpc) is 2.56. The second-order valence-electron chi connectivity index (χ2n) is 3.70. The maximum Gasteiger partial charge on any atom is 0.207 e. The molecule has 1 aromatic heterocycles. The molecule has 0 unspecified atom stereocenters. The Hall–Kier alpha value is -2.48. The number of benzene rings is 1. The van der Waals surface area contributed by atoms with E-state index in [1.807, 2.05) is 26.0 Å². The first kappa shape index (κ1) is 11.0. The van der Waals surface area contributed by atoms with Gasteiger partial charge in [-0.1, -0.05) is 0 Å². The fourth-order valence-corrected chi connectivity index (χ4v) is 1.63. The van der Waals surface area contributed by atoms with Crippen molar-refractivity contribution in [2.45, 2.75) is 13.8 Å². The molecule has 0 atom stereocenters. The van der Waals surface area contributed by atoms with Gasteiger partial charge in [-0.25, -0.2) is 4.99 Å². The van der Waals surface area contributed by atoms with Crippen LogP contribution in [-0.2, 0) is 0 Å². The maximum atomic E-state index is 8.40. The van der Waals surface area contributed by atoms with Gasteiger partial charge in [-0.3, -0.25) is 5.32 Å². The van der Waals surface area contributed by atoms with Crippen LogP contribution in [0.25, 0.3) is 11.0 Å². The van der Waals surface area contributed by atoms with E-state index in [-0.39, 0.29) is 5.96 Å². The summed E-state index contributed by atoms with van der Waals surface area (Å²) in [6.07, 6.45) is 1.72. The zero-order valence-corrected chi connectivity index (χ0v) is 9.61. The molecule has 5 nitrogen and oxygen atoms in total. The maximum absolute atomic E-state index is 8.40. The third-order valence-corrected chi connectivity index (χ3v) is 2.59. The number of aryl methyl sites for hydroxylation is 2. The first-order valence-corrected chi connectivity index (χ1v) is 5.11. The second kappa shape index (κ2) is 4.18. The number of aliphatic imine (C=N–C) groups is 1. The lowest BCUT2D eigenvalue weighted by molar-refractivity contribution is 0.575. The van der Waals surface area contributed by atoms with Crippen molar-refractivity contribution < 1.29 is 4.42 Å². The third kappa shape index (κ3) is 2.06. The van der Waals surface area contributed by atoms with Gasteiger partial charge in [0, 0.05) is 5.39 Å². The van der Waals surface area contributed by atoms with E-state index in [4.69, 9.17) is 15.4 Å². The number of guanidine groups is 1. The number of furan rings is 1. The molecule has 1 aromatic carbocycles. The van der Waals surface area contributed by atoms with Crippen LogP contribution < -0.4 is 11.1 Å². The molecule has 17 heavy (non-hydrogen) atoms.